The summed E-state index contributed by atoms with van der Waals surface area (Å²) in [7, 11) is 0. The summed E-state index contributed by atoms with van der Waals surface area (Å²) in [5, 5.41) is 0.863. The first-order valence-corrected chi connectivity index (χ1v) is 9.86. The van der Waals surface area contributed by atoms with Crippen LogP contribution in [0.3, 0.4) is 0 Å². The molecule has 1 aliphatic carbocycles. The lowest BCUT2D eigenvalue weighted by atomic mass is 10.1. The quantitative estimate of drug-likeness (QED) is 0.754. The lowest BCUT2D eigenvalue weighted by molar-refractivity contribution is -0.00832. The van der Waals surface area contributed by atoms with Gasteiger partial charge in [0.05, 0.1) is 5.52 Å². The topological polar surface area (TPSA) is 34.5 Å². The van der Waals surface area contributed by atoms with Crippen LogP contribution >= 0.6 is 0 Å². The normalized spacial score (nSPS) is 19.4. The summed E-state index contributed by atoms with van der Waals surface area (Å²) < 4.78 is 14.5. The summed E-state index contributed by atoms with van der Waals surface area (Å²) in [6.07, 6.45) is 4.36. The number of halogens is 1. The summed E-state index contributed by atoms with van der Waals surface area (Å²) in [5.74, 6) is 0.529. The van der Waals surface area contributed by atoms with Crippen molar-refractivity contribution >= 4 is 16.6 Å². The Balaban J connectivity index is 0.000000948. The Labute approximate surface area is 154 Å². The molecule has 0 spiro atoms. The third kappa shape index (κ3) is 3.19. The second-order valence-corrected chi connectivity index (χ2v) is 7.15. The minimum Gasteiger partial charge on any atom is -0.371 e. The van der Waals surface area contributed by atoms with Crippen molar-refractivity contribution in [2.24, 2.45) is 5.92 Å². The van der Waals surface area contributed by atoms with Gasteiger partial charge in [0.2, 0.25) is 5.75 Å². The number of hydrogen-bond donors (Lipinski definition) is 0. The van der Waals surface area contributed by atoms with E-state index >= 15 is 0 Å². The molecule has 2 aromatic rings. The molecule has 1 aromatic heterocycles. The summed E-state index contributed by atoms with van der Waals surface area (Å²) in [4.78, 5) is 18.8. The van der Waals surface area contributed by atoms with Crippen LogP contribution in [0, 0.1) is 12.8 Å². The zero-order valence-electron chi connectivity index (χ0n) is 16.2. The molecule has 0 amide bonds. The van der Waals surface area contributed by atoms with Crippen molar-refractivity contribution in [3.05, 3.63) is 34.1 Å². The molecule has 1 unspecified atom stereocenters. The largest absolute Gasteiger partial charge is 0.371 e. The number of hydrogen-bond acceptors (Lipinski definition) is 3. The molecule has 142 valence electrons. The lowest BCUT2D eigenvalue weighted by Crippen LogP contribution is -2.23. The van der Waals surface area contributed by atoms with Crippen LogP contribution in [0.25, 0.3) is 10.9 Å². The minimum atomic E-state index is -0.361. The number of aromatic nitrogens is 1. The first-order valence-electron chi connectivity index (χ1n) is 9.86. The summed E-state index contributed by atoms with van der Waals surface area (Å²) in [6, 6.07) is 5.77. The van der Waals surface area contributed by atoms with E-state index in [1.54, 1.807) is 4.57 Å². The number of benzene rings is 1. The van der Waals surface area contributed by atoms with Gasteiger partial charge >= 0.3 is 0 Å². The molecule has 1 saturated heterocycles. The third-order valence-electron chi connectivity index (χ3n) is 5.59. The predicted octanol–water partition coefficient (Wildman–Crippen LogP) is 5.17. The molecule has 1 saturated carbocycles. The minimum absolute atomic E-state index is 0.172. The molecule has 2 heterocycles. The highest BCUT2D eigenvalue weighted by Gasteiger charge is 2.30. The lowest BCUT2D eigenvalue weighted by Gasteiger charge is -2.23. The number of rotatable bonds is 4. The maximum atomic E-state index is 12.8. The van der Waals surface area contributed by atoms with Gasteiger partial charge < -0.3 is 9.47 Å². The van der Waals surface area contributed by atoms with E-state index in [1.807, 2.05) is 19.9 Å². The van der Waals surface area contributed by atoms with Gasteiger partial charge in [0, 0.05) is 34.7 Å². The van der Waals surface area contributed by atoms with Crippen LogP contribution in [-0.2, 0) is 0 Å². The molecule has 4 nitrogen and oxygen atoms in total. The fourth-order valence-corrected chi connectivity index (χ4v) is 4.03. The molecule has 1 aliphatic heterocycles. The summed E-state index contributed by atoms with van der Waals surface area (Å²) in [5.41, 5.74) is 2.88. The number of pyridine rings is 1. The highest BCUT2D eigenvalue weighted by atomic mass is 19.3. The van der Waals surface area contributed by atoms with E-state index in [1.165, 1.54) is 24.6 Å². The Morgan fingerprint density at radius 3 is 2.54 bits per heavy atom. The zero-order chi connectivity index (χ0) is 18.8. The fourth-order valence-electron chi connectivity index (χ4n) is 4.03. The maximum absolute atomic E-state index is 12.8. The van der Waals surface area contributed by atoms with Crippen molar-refractivity contribution in [3.63, 3.8) is 0 Å². The zero-order valence-corrected chi connectivity index (χ0v) is 16.2. The number of anilines is 1. The van der Waals surface area contributed by atoms with Gasteiger partial charge in [0.1, 0.15) is 0 Å². The van der Waals surface area contributed by atoms with Crippen molar-refractivity contribution in [1.29, 1.82) is 0 Å². The smallest absolute Gasteiger partial charge is 0.298 e. The predicted molar refractivity (Wildman–Crippen MR) is 105 cm³/mol. The van der Waals surface area contributed by atoms with E-state index in [4.69, 9.17) is 0 Å². The Bertz CT molecular complexity index is 842. The number of aryl methyl sites for hydroxylation is 1. The van der Waals surface area contributed by atoms with Crippen molar-refractivity contribution in [1.82, 2.24) is 4.57 Å². The van der Waals surface area contributed by atoms with Crippen LogP contribution in [0.4, 0.5) is 10.2 Å². The van der Waals surface area contributed by atoms with Crippen LogP contribution in [0.5, 0.6) is 5.75 Å². The molecule has 5 heteroatoms. The van der Waals surface area contributed by atoms with Gasteiger partial charge in [-0.05, 0) is 49.8 Å². The SMILES string of the molecule is CC.CCC1CCN(c2ccc3cc(OF)c(=O)n(C4CC4)c3c2C)C1. The van der Waals surface area contributed by atoms with Crippen molar-refractivity contribution < 1.29 is 9.47 Å². The van der Waals surface area contributed by atoms with Crippen molar-refractivity contribution in [3.8, 4) is 5.75 Å². The molecule has 2 fully saturated rings. The van der Waals surface area contributed by atoms with Gasteiger partial charge in [0.25, 0.3) is 5.56 Å². The van der Waals surface area contributed by atoms with Gasteiger partial charge in [-0.2, -0.15) is 0 Å². The van der Waals surface area contributed by atoms with E-state index in [0.717, 1.165) is 48.3 Å². The molecule has 4 rings (SSSR count). The second-order valence-electron chi connectivity index (χ2n) is 7.15. The number of fused-ring (bicyclic) bond motifs is 1. The van der Waals surface area contributed by atoms with Crippen molar-refractivity contribution in [2.75, 3.05) is 18.0 Å². The first-order chi connectivity index (χ1) is 12.6. The number of nitrogens with zero attached hydrogens (tertiary/aromatic N) is 2. The first kappa shape index (κ1) is 18.7. The molecule has 0 N–H and O–H groups in total. The molecule has 1 atom stereocenters. The van der Waals surface area contributed by atoms with Gasteiger partial charge in [0.15, 0.2) is 0 Å². The van der Waals surface area contributed by atoms with Crippen molar-refractivity contribution in [2.45, 2.75) is 59.4 Å². The van der Waals surface area contributed by atoms with Gasteiger partial charge in [-0.15, -0.1) is 0 Å². The highest BCUT2D eigenvalue weighted by molar-refractivity contribution is 5.88. The molecule has 0 bridgehead atoms. The monoisotopic (exact) mass is 360 g/mol. The van der Waals surface area contributed by atoms with E-state index in [9.17, 15) is 9.32 Å². The van der Waals surface area contributed by atoms with Crippen LogP contribution in [0.2, 0.25) is 0 Å². The average Bonchev–Trinajstić information content (AvgIpc) is 3.40. The molecular weight excluding hydrogens is 331 g/mol. The van der Waals surface area contributed by atoms with Crippen LogP contribution in [0.1, 0.15) is 58.1 Å². The molecule has 26 heavy (non-hydrogen) atoms. The Morgan fingerprint density at radius 1 is 1.23 bits per heavy atom. The molecule has 0 radical (unpaired) electrons. The van der Waals surface area contributed by atoms with Crippen LogP contribution in [-0.4, -0.2) is 17.7 Å². The second kappa shape index (κ2) is 7.68. The summed E-state index contributed by atoms with van der Waals surface area (Å²) >= 11 is 0. The summed E-state index contributed by atoms with van der Waals surface area (Å²) in [6.45, 7) is 10.4. The third-order valence-corrected chi connectivity index (χ3v) is 5.59. The molecule has 1 aromatic carbocycles. The van der Waals surface area contributed by atoms with E-state index in [-0.39, 0.29) is 17.4 Å². The van der Waals surface area contributed by atoms with Crippen LogP contribution < -0.4 is 15.4 Å². The Morgan fingerprint density at radius 2 is 1.96 bits per heavy atom. The van der Waals surface area contributed by atoms with Gasteiger partial charge in [-0.3, -0.25) is 9.74 Å². The van der Waals surface area contributed by atoms with Gasteiger partial charge in [-0.1, -0.05) is 33.3 Å². The van der Waals surface area contributed by atoms with Gasteiger partial charge in [-0.25, -0.2) is 0 Å². The van der Waals surface area contributed by atoms with E-state index in [0.29, 0.717) is 0 Å². The Hall–Kier alpha value is -2.04. The standard InChI is InChI=1S/C19H23FN2O2.C2H6/c1-3-13-8-9-21(11-13)16-7-4-14-10-17(24-20)19(23)22(15-5-6-15)18(14)12(16)2;1-2/h4,7,10,13,15H,3,5-6,8-9,11H2,1-2H3;1-2H3. The van der Waals surface area contributed by atoms with E-state index < -0.39 is 0 Å². The average molecular weight is 360 g/mol. The van der Waals surface area contributed by atoms with E-state index in [2.05, 4.69) is 29.8 Å². The fraction of sp³-hybridized carbons (Fsp3) is 0.571. The van der Waals surface area contributed by atoms with Crippen LogP contribution in [0.15, 0.2) is 23.0 Å². The Kier molecular flexibility index (Phi) is 5.54. The maximum Gasteiger partial charge on any atom is 0.298 e. The highest BCUT2D eigenvalue weighted by Crippen LogP contribution is 2.40. The molecule has 2 aliphatic rings. The molecular formula is C21H29FN2O2.